The highest BCUT2D eigenvalue weighted by atomic mass is 32.2. The Labute approximate surface area is 161 Å². The van der Waals surface area contributed by atoms with E-state index in [4.69, 9.17) is 14.9 Å². The number of nitrogens with two attached hydrogens (primary N) is 1. The molecule has 6 nitrogen and oxygen atoms in total. The Morgan fingerprint density at radius 2 is 1.96 bits per heavy atom. The third-order valence-corrected chi connectivity index (χ3v) is 7.11. The van der Waals surface area contributed by atoms with Crippen molar-refractivity contribution in [3.8, 4) is 5.75 Å². The number of amides is 1. The Balaban J connectivity index is 1.90. The molecule has 1 aliphatic rings. The number of halogens is 1. The van der Waals surface area contributed by atoms with Gasteiger partial charge in [0.25, 0.3) is 5.91 Å². The summed E-state index contributed by atoms with van der Waals surface area (Å²) in [7, 11) is -3.77. The summed E-state index contributed by atoms with van der Waals surface area (Å²) in [5.41, 5.74) is 6.03. The fraction of sp³-hybridized carbons (Fsp3) is 0.250. The van der Waals surface area contributed by atoms with Crippen molar-refractivity contribution in [2.24, 2.45) is 5.73 Å². The van der Waals surface area contributed by atoms with Gasteiger partial charge in [-0.2, -0.15) is 0 Å². The zero-order chi connectivity index (χ0) is 20.1. The molecule has 0 aliphatic heterocycles. The average Bonchev–Trinajstić information content (AvgIpc) is 3.43. The van der Waals surface area contributed by atoms with Crippen LogP contribution in [0.3, 0.4) is 0 Å². The number of fused-ring (bicyclic) bond motifs is 1. The minimum atomic E-state index is -3.77. The van der Waals surface area contributed by atoms with E-state index in [2.05, 4.69) is 0 Å². The topological polar surface area (TPSA) is 99.6 Å². The van der Waals surface area contributed by atoms with E-state index in [0.717, 1.165) is 0 Å². The van der Waals surface area contributed by atoms with Gasteiger partial charge in [0.05, 0.1) is 16.2 Å². The smallest absolute Gasteiger partial charge is 0.252 e. The molecule has 0 unspecified atom stereocenters. The molecule has 1 fully saturated rings. The maximum atomic E-state index is 13.9. The minimum Gasteiger partial charge on any atom is -0.487 e. The largest absolute Gasteiger partial charge is 0.487 e. The SMILES string of the molecule is Cc1oc2ccc(OCc3ccccc3F)c(S(=O)(=O)C3CC3)c2c1C(N)=O. The highest BCUT2D eigenvalue weighted by Crippen LogP contribution is 2.43. The van der Waals surface area contributed by atoms with Gasteiger partial charge in [-0.25, -0.2) is 12.8 Å². The molecule has 4 rings (SSSR count). The molecular formula is C20H18FNO5S. The summed E-state index contributed by atoms with van der Waals surface area (Å²) in [6.07, 6.45) is 1.07. The van der Waals surface area contributed by atoms with E-state index in [0.29, 0.717) is 12.8 Å². The second-order valence-electron chi connectivity index (χ2n) is 6.79. The van der Waals surface area contributed by atoms with Gasteiger partial charge in [0.1, 0.15) is 34.4 Å². The zero-order valence-electron chi connectivity index (χ0n) is 15.1. The van der Waals surface area contributed by atoms with Crippen molar-refractivity contribution in [3.63, 3.8) is 0 Å². The van der Waals surface area contributed by atoms with Crippen LogP contribution in [0.4, 0.5) is 4.39 Å². The molecule has 0 spiro atoms. The fourth-order valence-corrected chi connectivity index (χ4v) is 5.25. The Morgan fingerprint density at radius 3 is 2.61 bits per heavy atom. The number of hydrogen-bond acceptors (Lipinski definition) is 5. The molecule has 2 N–H and O–H groups in total. The van der Waals surface area contributed by atoms with Crippen molar-refractivity contribution in [1.82, 2.24) is 0 Å². The van der Waals surface area contributed by atoms with Gasteiger partial charge in [-0.15, -0.1) is 0 Å². The van der Waals surface area contributed by atoms with Crippen molar-refractivity contribution in [2.45, 2.75) is 36.5 Å². The van der Waals surface area contributed by atoms with Gasteiger partial charge in [-0.3, -0.25) is 4.79 Å². The summed E-state index contributed by atoms with van der Waals surface area (Å²) in [6.45, 7) is 1.39. The van der Waals surface area contributed by atoms with Crippen LogP contribution in [0.5, 0.6) is 5.75 Å². The molecule has 3 aromatic rings. The molecule has 146 valence electrons. The van der Waals surface area contributed by atoms with Crippen LogP contribution in [0.25, 0.3) is 11.0 Å². The Morgan fingerprint density at radius 1 is 1.25 bits per heavy atom. The molecule has 1 heterocycles. The van der Waals surface area contributed by atoms with E-state index in [1.807, 2.05) is 0 Å². The van der Waals surface area contributed by atoms with Crippen molar-refractivity contribution in [2.75, 3.05) is 0 Å². The monoisotopic (exact) mass is 403 g/mol. The summed E-state index contributed by atoms with van der Waals surface area (Å²) < 4.78 is 51.5. The Hall–Kier alpha value is -2.87. The summed E-state index contributed by atoms with van der Waals surface area (Å²) in [4.78, 5) is 11.9. The van der Waals surface area contributed by atoms with E-state index in [1.54, 1.807) is 25.1 Å². The second kappa shape index (κ2) is 6.63. The van der Waals surface area contributed by atoms with Crippen molar-refractivity contribution < 1.29 is 26.8 Å². The predicted octanol–water partition coefficient (Wildman–Crippen LogP) is 3.49. The van der Waals surface area contributed by atoms with Crippen LogP contribution in [-0.4, -0.2) is 19.6 Å². The minimum absolute atomic E-state index is 0.0190. The summed E-state index contributed by atoms with van der Waals surface area (Å²) >= 11 is 0. The lowest BCUT2D eigenvalue weighted by molar-refractivity contribution is 0.1000. The Bertz CT molecular complexity index is 1190. The molecule has 2 aromatic carbocycles. The highest BCUT2D eigenvalue weighted by Gasteiger charge is 2.41. The quantitative estimate of drug-likeness (QED) is 0.679. The van der Waals surface area contributed by atoms with Crippen LogP contribution in [0.1, 0.15) is 34.5 Å². The van der Waals surface area contributed by atoms with Gasteiger partial charge in [0.2, 0.25) is 0 Å². The molecule has 1 amide bonds. The number of hydrogen-bond donors (Lipinski definition) is 1. The van der Waals surface area contributed by atoms with E-state index in [1.165, 1.54) is 18.2 Å². The van der Waals surface area contributed by atoms with Crippen LogP contribution < -0.4 is 10.5 Å². The molecule has 0 saturated heterocycles. The lowest BCUT2D eigenvalue weighted by atomic mass is 10.1. The van der Waals surface area contributed by atoms with E-state index >= 15 is 0 Å². The van der Waals surface area contributed by atoms with Crippen molar-refractivity contribution in [3.05, 3.63) is 59.1 Å². The molecule has 0 radical (unpaired) electrons. The van der Waals surface area contributed by atoms with Crippen LogP contribution in [0.2, 0.25) is 0 Å². The first-order chi connectivity index (χ1) is 13.3. The number of rotatable bonds is 6. The number of ether oxygens (including phenoxy) is 1. The molecule has 8 heteroatoms. The number of benzene rings is 2. The van der Waals surface area contributed by atoms with Crippen molar-refractivity contribution in [1.29, 1.82) is 0 Å². The van der Waals surface area contributed by atoms with Gasteiger partial charge >= 0.3 is 0 Å². The van der Waals surface area contributed by atoms with Crippen LogP contribution in [-0.2, 0) is 16.4 Å². The second-order valence-corrected chi connectivity index (χ2v) is 8.95. The van der Waals surface area contributed by atoms with Gasteiger partial charge in [0.15, 0.2) is 9.84 Å². The normalized spacial score (nSPS) is 14.4. The summed E-state index contributed by atoms with van der Waals surface area (Å²) in [5, 5.41) is -0.409. The maximum absolute atomic E-state index is 13.9. The van der Waals surface area contributed by atoms with Gasteiger partial charge in [0, 0.05) is 5.56 Å². The van der Waals surface area contributed by atoms with E-state index in [9.17, 15) is 17.6 Å². The molecule has 1 saturated carbocycles. The first-order valence-electron chi connectivity index (χ1n) is 8.76. The lowest BCUT2D eigenvalue weighted by Gasteiger charge is -2.14. The lowest BCUT2D eigenvalue weighted by Crippen LogP contribution is -2.15. The molecule has 0 atom stereocenters. The third kappa shape index (κ3) is 3.03. The average molecular weight is 403 g/mol. The predicted molar refractivity (Wildman–Crippen MR) is 100 cm³/mol. The first-order valence-corrected chi connectivity index (χ1v) is 10.3. The third-order valence-electron chi connectivity index (χ3n) is 4.78. The fourth-order valence-electron chi connectivity index (χ4n) is 3.27. The summed E-state index contributed by atoms with van der Waals surface area (Å²) in [5.74, 6) is -0.950. The number of carbonyl (C=O) groups excluding carboxylic acids is 1. The highest BCUT2D eigenvalue weighted by molar-refractivity contribution is 7.92. The van der Waals surface area contributed by atoms with Gasteiger partial charge in [-0.1, -0.05) is 18.2 Å². The first kappa shape index (κ1) is 18.5. The number of sulfone groups is 1. The number of aryl methyl sites for hydroxylation is 1. The summed E-state index contributed by atoms with van der Waals surface area (Å²) in [6, 6.07) is 9.07. The number of furan rings is 1. The van der Waals surface area contributed by atoms with E-state index in [-0.39, 0.29) is 45.1 Å². The standard InChI is InChI=1S/C20H18FNO5S/c1-11-17(20(22)23)18-15(27-11)8-9-16(19(18)28(24,25)13-6-7-13)26-10-12-4-2-3-5-14(12)21/h2-5,8-9,13H,6-7,10H2,1H3,(H2,22,23). The number of primary amides is 1. The molecule has 0 bridgehead atoms. The molecule has 1 aliphatic carbocycles. The zero-order valence-corrected chi connectivity index (χ0v) is 15.9. The van der Waals surface area contributed by atoms with Crippen LogP contribution >= 0.6 is 0 Å². The van der Waals surface area contributed by atoms with Crippen molar-refractivity contribution >= 4 is 26.7 Å². The molecular weight excluding hydrogens is 385 g/mol. The number of carbonyl (C=O) groups is 1. The van der Waals surface area contributed by atoms with Crippen LogP contribution in [0.15, 0.2) is 45.7 Å². The van der Waals surface area contributed by atoms with E-state index < -0.39 is 26.8 Å². The van der Waals surface area contributed by atoms with Gasteiger partial charge in [-0.05, 0) is 38.0 Å². The molecule has 28 heavy (non-hydrogen) atoms. The maximum Gasteiger partial charge on any atom is 0.252 e. The van der Waals surface area contributed by atoms with Crippen LogP contribution in [0, 0.1) is 12.7 Å². The molecule has 1 aromatic heterocycles. The Kier molecular flexibility index (Phi) is 4.38. The van der Waals surface area contributed by atoms with Gasteiger partial charge < -0.3 is 14.9 Å².